The summed E-state index contributed by atoms with van der Waals surface area (Å²) in [6.45, 7) is 0. The van der Waals surface area contributed by atoms with Crippen LogP contribution in [0.1, 0.15) is 73.3 Å². The Kier molecular flexibility index (Phi) is 4.24. The van der Waals surface area contributed by atoms with Crippen LogP contribution in [0.15, 0.2) is 48.9 Å². The minimum absolute atomic E-state index is 0.177. The van der Waals surface area contributed by atoms with Gasteiger partial charge in [-0.2, -0.15) is 0 Å². The van der Waals surface area contributed by atoms with Crippen molar-refractivity contribution in [1.82, 2.24) is 9.38 Å². The van der Waals surface area contributed by atoms with Crippen LogP contribution in [-0.2, 0) is 0 Å². The van der Waals surface area contributed by atoms with E-state index in [9.17, 15) is 9.50 Å². The van der Waals surface area contributed by atoms with Crippen LogP contribution in [0.3, 0.4) is 0 Å². The lowest BCUT2D eigenvalue weighted by Gasteiger charge is -2.33. The van der Waals surface area contributed by atoms with Gasteiger partial charge in [-0.05, 0) is 85.6 Å². The minimum Gasteiger partial charge on any atom is -0.387 e. The molecule has 2 saturated carbocycles. The van der Waals surface area contributed by atoms with Crippen molar-refractivity contribution in [2.45, 2.75) is 56.5 Å². The summed E-state index contributed by atoms with van der Waals surface area (Å²) < 4.78 is 15.3. The molecule has 0 amide bonds. The van der Waals surface area contributed by atoms with Crippen LogP contribution in [0.4, 0.5) is 4.39 Å². The Morgan fingerprint density at radius 1 is 0.926 bits per heavy atom. The lowest BCUT2D eigenvalue weighted by Crippen LogP contribution is -2.22. The maximum Gasteiger partial charge on any atom is 0.123 e. The molecule has 0 radical (unpaired) electrons. The number of benzene rings is 1. The molecular formula is C23H25FN2O. The van der Waals surface area contributed by atoms with E-state index in [0.717, 1.165) is 36.9 Å². The van der Waals surface area contributed by atoms with Gasteiger partial charge in [0.2, 0.25) is 0 Å². The Morgan fingerprint density at radius 2 is 1.63 bits per heavy atom. The van der Waals surface area contributed by atoms with E-state index in [-0.39, 0.29) is 11.7 Å². The number of aromatic nitrogens is 2. The molecule has 2 fully saturated rings. The summed E-state index contributed by atoms with van der Waals surface area (Å²) in [5.41, 5.74) is 4.62. The van der Waals surface area contributed by atoms with Crippen LogP contribution in [-0.4, -0.2) is 14.5 Å². The molecule has 2 aliphatic carbocycles. The zero-order valence-corrected chi connectivity index (χ0v) is 15.4. The van der Waals surface area contributed by atoms with E-state index in [1.165, 1.54) is 24.0 Å². The first kappa shape index (κ1) is 16.9. The molecule has 0 bridgehead atoms. The summed E-state index contributed by atoms with van der Waals surface area (Å²) in [6, 6.07) is 11.2. The topological polar surface area (TPSA) is 37.5 Å². The monoisotopic (exact) mass is 364 g/mol. The Balaban J connectivity index is 1.37. The summed E-state index contributed by atoms with van der Waals surface area (Å²) >= 11 is 0. The Labute approximate surface area is 158 Å². The van der Waals surface area contributed by atoms with Crippen LogP contribution >= 0.6 is 0 Å². The normalized spacial score (nSPS) is 24.2. The summed E-state index contributed by atoms with van der Waals surface area (Å²) in [5.74, 6) is 1.16. The van der Waals surface area contributed by atoms with Crippen LogP contribution < -0.4 is 0 Å². The predicted molar refractivity (Wildman–Crippen MR) is 103 cm³/mol. The highest BCUT2D eigenvalue weighted by Gasteiger charge is 2.34. The fourth-order valence-corrected chi connectivity index (χ4v) is 4.81. The molecule has 1 aromatic carbocycles. The third kappa shape index (κ3) is 3.16. The van der Waals surface area contributed by atoms with Crippen molar-refractivity contribution >= 4 is 5.52 Å². The first-order valence-corrected chi connectivity index (χ1v) is 10.1. The van der Waals surface area contributed by atoms with Crippen molar-refractivity contribution in [3.05, 3.63) is 71.6 Å². The number of nitrogens with zero attached hydrogens (tertiary/aromatic N) is 2. The lowest BCUT2D eigenvalue weighted by atomic mass is 9.75. The predicted octanol–water partition coefficient (Wildman–Crippen LogP) is 5.36. The molecule has 5 rings (SSSR count). The van der Waals surface area contributed by atoms with E-state index in [2.05, 4.69) is 21.5 Å². The van der Waals surface area contributed by atoms with Gasteiger partial charge in [0.1, 0.15) is 5.82 Å². The van der Waals surface area contributed by atoms with Crippen LogP contribution in [0.2, 0.25) is 0 Å². The van der Waals surface area contributed by atoms with E-state index in [1.54, 1.807) is 12.1 Å². The maximum atomic E-state index is 13.2. The van der Waals surface area contributed by atoms with Crippen molar-refractivity contribution in [1.29, 1.82) is 0 Å². The molecule has 140 valence electrons. The average molecular weight is 364 g/mol. The molecule has 3 nitrogen and oxygen atoms in total. The molecule has 2 aliphatic rings. The second kappa shape index (κ2) is 6.75. The van der Waals surface area contributed by atoms with Crippen molar-refractivity contribution in [2.75, 3.05) is 0 Å². The highest BCUT2D eigenvalue weighted by molar-refractivity contribution is 5.50. The van der Waals surface area contributed by atoms with E-state index in [4.69, 9.17) is 0 Å². The number of hydrogen-bond donors (Lipinski definition) is 1. The number of fused-ring (bicyclic) bond motifs is 1. The highest BCUT2D eigenvalue weighted by Crippen LogP contribution is 2.47. The molecule has 0 saturated heterocycles. The fourth-order valence-electron chi connectivity index (χ4n) is 4.81. The van der Waals surface area contributed by atoms with Gasteiger partial charge in [0.15, 0.2) is 0 Å². The Bertz CT molecular complexity index is 937. The van der Waals surface area contributed by atoms with Crippen LogP contribution in [0, 0.1) is 11.7 Å². The maximum absolute atomic E-state index is 13.2. The fraction of sp³-hybridized carbons (Fsp3) is 0.435. The summed E-state index contributed by atoms with van der Waals surface area (Å²) in [6.07, 6.45) is 9.78. The molecule has 0 unspecified atom stereocenters. The number of imidazole rings is 1. The van der Waals surface area contributed by atoms with Crippen molar-refractivity contribution in [3.8, 4) is 0 Å². The molecule has 0 aliphatic heterocycles. The number of pyridine rings is 1. The lowest BCUT2D eigenvalue weighted by molar-refractivity contribution is 0.0754. The molecule has 27 heavy (non-hydrogen) atoms. The van der Waals surface area contributed by atoms with Crippen LogP contribution in [0.5, 0.6) is 0 Å². The number of rotatable bonds is 4. The van der Waals surface area contributed by atoms with Gasteiger partial charge in [-0.25, -0.2) is 9.37 Å². The third-order valence-corrected chi connectivity index (χ3v) is 6.51. The van der Waals surface area contributed by atoms with E-state index in [0.29, 0.717) is 11.8 Å². The van der Waals surface area contributed by atoms with Gasteiger partial charge in [-0.1, -0.05) is 18.2 Å². The number of aliphatic hydroxyl groups is 1. The molecular weight excluding hydrogens is 339 g/mol. The van der Waals surface area contributed by atoms with E-state index in [1.807, 2.05) is 24.7 Å². The zero-order valence-electron chi connectivity index (χ0n) is 15.4. The number of halogens is 1. The van der Waals surface area contributed by atoms with Crippen molar-refractivity contribution in [3.63, 3.8) is 0 Å². The van der Waals surface area contributed by atoms with Gasteiger partial charge in [0.05, 0.1) is 29.8 Å². The third-order valence-electron chi connectivity index (χ3n) is 6.51. The van der Waals surface area contributed by atoms with Crippen LogP contribution in [0.25, 0.3) is 5.52 Å². The van der Waals surface area contributed by atoms with Gasteiger partial charge in [0, 0.05) is 0 Å². The van der Waals surface area contributed by atoms with Gasteiger partial charge < -0.3 is 9.51 Å². The molecule has 1 N–H and O–H groups in total. The minimum atomic E-state index is -0.451. The smallest absolute Gasteiger partial charge is 0.123 e. The molecule has 1 atom stereocenters. The summed E-state index contributed by atoms with van der Waals surface area (Å²) in [7, 11) is 0. The highest BCUT2D eigenvalue weighted by atomic mass is 19.1. The molecule has 0 spiro atoms. The van der Waals surface area contributed by atoms with E-state index >= 15 is 0 Å². The molecule has 4 heteroatoms. The van der Waals surface area contributed by atoms with E-state index < -0.39 is 6.10 Å². The van der Waals surface area contributed by atoms with Crippen molar-refractivity contribution < 1.29 is 9.50 Å². The molecule has 2 heterocycles. The number of hydrogen-bond acceptors (Lipinski definition) is 2. The van der Waals surface area contributed by atoms with Gasteiger partial charge in [0.25, 0.3) is 0 Å². The average Bonchev–Trinajstić information content (AvgIpc) is 3.44. The molecule has 2 aromatic heterocycles. The number of aliphatic hydroxyl groups excluding tert-OH is 1. The largest absolute Gasteiger partial charge is 0.387 e. The summed E-state index contributed by atoms with van der Waals surface area (Å²) in [5, 5.41) is 11.3. The van der Waals surface area contributed by atoms with Crippen molar-refractivity contribution in [2.24, 2.45) is 5.92 Å². The second-order valence-electron chi connectivity index (χ2n) is 8.24. The quantitative estimate of drug-likeness (QED) is 0.677. The summed E-state index contributed by atoms with van der Waals surface area (Å²) in [4.78, 5) is 4.29. The Hall–Kier alpha value is -2.20. The standard InChI is InChI=1S/C23H25FN2O/c24-19-9-7-16(8-10-19)15-1-5-18(6-2-15)23(27)22-21(17-3-4-17)12-11-20-13-25-14-26(20)22/h7-15,17-18,23,27H,1-6H2/t15?,18?,23-/m1/s1. The second-order valence-corrected chi connectivity index (χ2v) is 8.24. The zero-order chi connectivity index (χ0) is 18.4. The molecule has 3 aromatic rings. The van der Waals surface area contributed by atoms with Gasteiger partial charge in [-0.3, -0.25) is 0 Å². The van der Waals surface area contributed by atoms with Gasteiger partial charge in [-0.15, -0.1) is 0 Å². The Morgan fingerprint density at radius 3 is 2.33 bits per heavy atom. The van der Waals surface area contributed by atoms with Gasteiger partial charge >= 0.3 is 0 Å². The SMILES string of the molecule is O[C@@H](c1c(C2CC2)ccc2cncn12)C1CCC(c2ccc(F)cc2)CC1. The first-order valence-electron chi connectivity index (χ1n) is 10.1. The first-order chi connectivity index (χ1) is 13.2.